The van der Waals surface area contributed by atoms with Crippen LogP contribution in [0.5, 0.6) is 0 Å². The maximum atomic E-state index is 13.8. The van der Waals surface area contributed by atoms with Gasteiger partial charge < -0.3 is 20.1 Å². The summed E-state index contributed by atoms with van der Waals surface area (Å²) >= 11 is 0. The van der Waals surface area contributed by atoms with E-state index >= 15 is 0 Å². The fourth-order valence-electron chi connectivity index (χ4n) is 6.10. The summed E-state index contributed by atoms with van der Waals surface area (Å²) in [6.07, 6.45) is 6.65. The lowest BCUT2D eigenvalue weighted by molar-refractivity contribution is -0.128. The summed E-state index contributed by atoms with van der Waals surface area (Å²) < 4.78 is 1.80. The number of H-pyrrole nitrogens is 1. The van der Waals surface area contributed by atoms with Gasteiger partial charge in [0.1, 0.15) is 0 Å². The molecular weight excluding hydrogens is 540 g/mol. The van der Waals surface area contributed by atoms with E-state index < -0.39 is 0 Å². The quantitative estimate of drug-likeness (QED) is 0.287. The van der Waals surface area contributed by atoms with E-state index in [1.165, 1.54) is 5.57 Å². The molecule has 0 saturated carbocycles. The number of hydrogen-bond donors (Lipinski definition) is 2. The van der Waals surface area contributed by atoms with Gasteiger partial charge in [0.05, 0.1) is 23.4 Å². The SMILES string of the molecule is CC(=O)N1CC=C(c2cccc3c2CN(c2cccc4c(-c5nc(Nc6cc(C)n(C)n6)ncc5C)c[nH]c24)C3=O)CC1. The van der Waals surface area contributed by atoms with Crippen LogP contribution < -0.4 is 10.2 Å². The van der Waals surface area contributed by atoms with Crippen molar-refractivity contribution in [2.45, 2.75) is 33.7 Å². The fraction of sp³-hybridized carbons (Fsp3) is 0.242. The first-order valence-corrected chi connectivity index (χ1v) is 14.4. The molecule has 43 heavy (non-hydrogen) atoms. The molecule has 0 radical (unpaired) electrons. The third-order valence-electron chi connectivity index (χ3n) is 8.53. The predicted molar refractivity (Wildman–Crippen MR) is 167 cm³/mol. The van der Waals surface area contributed by atoms with Crippen LogP contribution in [0.15, 0.2) is 60.9 Å². The third kappa shape index (κ3) is 4.55. The lowest BCUT2D eigenvalue weighted by Gasteiger charge is -2.26. The number of fused-ring (bicyclic) bond motifs is 2. The van der Waals surface area contributed by atoms with Crippen molar-refractivity contribution >= 4 is 45.7 Å². The molecule has 0 bridgehead atoms. The van der Waals surface area contributed by atoms with Gasteiger partial charge in [0, 0.05) is 67.7 Å². The van der Waals surface area contributed by atoms with E-state index in [4.69, 9.17) is 4.98 Å². The highest BCUT2D eigenvalue weighted by atomic mass is 16.2. The van der Waals surface area contributed by atoms with Crippen LogP contribution in [0.2, 0.25) is 0 Å². The van der Waals surface area contributed by atoms with E-state index in [1.54, 1.807) is 17.8 Å². The Morgan fingerprint density at radius 1 is 1.07 bits per heavy atom. The van der Waals surface area contributed by atoms with Crippen LogP contribution in [-0.2, 0) is 18.4 Å². The maximum Gasteiger partial charge on any atom is 0.259 e. The molecule has 0 fully saturated rings. The summed E-state index contributed by atoms with van der Waals surface area (Å²) in [5, 5.41) is 8.65. The first-order valence-electron chi connectivity index (χ1n) is 14.4. The molecular formula is C33H32N8O2. The average Bonchev–Trinajstić information content (AvgIpc) is 3.68. The number of nitrogens with zero attached hydrogens (tertiary/aromatic N) is 6. The second-order valence-electron chi connectivity index (χ2n) is 11.2. The summed E-state index contributed by atoms with van der Waals surface area (Å²) in [5.74, 6) is 1.21. The molecule has 216 valence electrons. The van der Waals surface area contributed by atoms with Crippen molar-refractivity contribution in [3.8, 4) is 11.3 Å². The molecule has 2 amide bonds. The minimum Gasteiger partial charge on any atom is -0.359 e. The molecule has 3 aromatic heterocycles. The van der Waals surface area contributed by atoms with Crippen LogP contribution in [-0.4, -0.2) is 54.5 Å². The number of carbonyl (C=O) groups is 2. The van der Waals surface area contributed by atoms with Gasteiger partial charge in [0.15, 0.2) is 5.82 Å². The number of aromatic amines is 1. The lowest BCUT2D eigenvalue weighted by Crippen LogP contribution is -2.32. The Kier molecular flexibility index (Phi) is 6.34. The van der Waals surface area contributed by atoms with E-state index in [0.29, 0.717) is 31.4 Å². The van der Waals surface area contributed by atoms with E-state index in [1.807, 2.05) is 73.3 Å². The number of carbonyl (C=O) groups excluding carboxylic acids is 2. The van der Waals surface area contributed by atoms with Gasteiger partial charge in [-0.25, -0.2) is 9.97 Å². The number of anilines is 3. The second-order valence-corrected chi connectivity index (χ2v) is 11.2. The van der Waals surface area contributed by atoms with Gasteiger partial charge >= 0.3 is 0 Å². The average molecular weight is 573 g/mol. The summed E-state index contributed by atoms with van der Waals surface area (Å²) in [6, 6.07) is 13.9. The summed E-state index contributed by atoms with van der Waals surface area (Å²) in [7, 11) is 1.90. The molecule has 2 aliphatic rings. The van der Waals surface area contributed by atoms with Crippen LogP contribution in [0, 0.1) is 13.8 Å². The van der Waals surface area contributed by atoms with Crippen LogP contribution in [0.4, 0.5) is 17.5 Å². The summed E-state index contributed by atoms with van der Waals surface area (Å²) in [6.45, 7) is 7.35. The summed E-state index contributed by atoms with van der Waals surface area (Å²) in [5.41, 5.74) is 9.44. The topological polar surface area (TPSA) is 112 Å². The Hall–Kier alpha value is -5.25. The Morgan fingerprint density at radius 2 is 1.88 bits per heavy atom. The molecule has 0 unspecified atom stereocenters. The van der Waals surface area contributed by atoms with Crippen LogP contribution in [0.3, 0.4) is 0 Å². The molecule has 2 aromatic carbocycles. The zero-order valence-electron chi connectivity index (χ0n) is 24.6. The van der Waals surface area contributed by atoms with Crippen molar-refractivity contribution in [2.75, 3.05) is 23.3 Å². The number of para-hydroxylation sites is 1. The maximum absolute atomic E-state index is 13.8. The Bertz CT molecular complexity index is 1950. The Balaban J connectivity index is 1.22. The Morgan fingerprint density at radius 3 is 2.63 bits per heavy atom. The van der Waals surface area contributed by atoms with Gasteiger partial charge in [0.25, 0.3) is 5.91 Å². The monoisotopic (exact) mass is 572 g/mol. The van der Waals surface area contributed by atoms with E-state index in [9.17, 15) is 9.59 Å². The highest BCUT2D eigenvalue weighted by molar-refractivity contribution is 6.15. The van der Waals surface area contributed by atoms with Gasteiger partial charge in [-0.3, -0.25) is 14.3 Å². The van der Waals surface area contributed by atoms with Gasteiger partial charge in [-0.1, -0.05) is 30.3 Å². The van der Waals surface area contributed by atoms with Crippen molar-refractivity contribution < 1.29 is 9.59 Å². The zero-order chi connectivity index (χ0) is 29.8. The molecule has 0 aliphatic carbocycles. The number of benzene rings is 2. The lowest BCUT2D eigenvalue weighted by atomic mass is 9.93. The number of amides is 2. The molecule has 0 atom stereocenters. The third-order valence-corrected chi connectivity index (χ3v) is 8.53. The fourth-order valence-corrected chi connectivity index (χ4v) is 6.10. The van der Waals surface area contributed by atoms with Crippen molar-refractivity contribution in [1.29, 1.82) is 0 Å². The highest BCUT2D eigenvalue weighted by Gasteiger charge is 2.33. The van der Waals surface area contributed by atoms with Gasteiger partial charge in [-0.2, -0.15) is 5.10 Å². The zero-order valence-corrected chi connectivity index (χ0v) is 24.6. The molecule has 10 heteroatoms. The van der Waals surface area contributed by atoms with Crippen LogP contribution in [0.25, 0.3) is 27.7 Å². The highest BCUT2D eigenvalue weighted by Crippen LogP contribution is 2.40. The largest absolute Gasteiger partial charge is 0.359 e. The van der Waals surface area contributed by atoms with Crippen molar-refractivity contribution in [3.63, 3.8) is 0 Å². The normalized spacial score (nSPS) is 14.8. The molecule has 5 heterocycles. The first-order chi connectivity index (χ1) is 20.8. The van der Waals surface area contributed by atoms with E-state index in [2.05, 4.69) is 32.5 Å². The van der Waals surface area contributed by atoms with Crippen LogP contribution in [0.1, 0.15) is 46.1 Å². The van der Waals surface area contributed by atoms with E-state index in [0.717, 1.165) is 62.2 Å². The molecule has 7 rings (SSSR count). The standard InChI is InChI=1S/C33H32N8O2/c1-19-16-35-33(36-29-15-20(2)39(4)38-29)37-30(19)26-17-34-31-24(26)8-6-10-28(31)41-18-27-23(7-5-9-25(27)32(41)43)22-11-13-40(14-12-22)21(3)42/h5-11,15-17,34H,12-14,18H2,1-4H3,(H,35,36,37,38). The minimum atomic E-state index is -0.0161. The number of hydrogen-bond acceptors (Lipinski definition) is 6. The van der Waals surface area contributed by atoms with Crippen molar-refractivity contribution in [1.82, 2.24) is 29.6 Å². The summed E-state index contributed by atoms with van der Waals surface area (Å²) in [4.78, 5) is 42.1. The van der Waals surface area contributed by atoms with Crippen molar-refractivity contribution in [3.05, 3.63) is 88.9 Å². The second kappa shape index (κ2) is 10.2. The first kappa shape index (κ1) is 26.6. The number of aryl methyl sites for hydroxylation is 3. The molecule has 0 saturated heterocycles. The van der Waals surface area contributed by atoms with Gasteiger partial charge in [-0.15, -0.1) is 0 Å². The van der Waals surface area contributed by atoms with Gasteiger partial charge in [0.2, 0.25) is 11.9 Å². The molecule has 10 nitrogen and oxygen atoms in total. The minimum absolute atomic E-state index is 0.0161. The van der Waals surface area contributed by atoms with Crippen LogP contribution >= 0.6 is 0 Å². The number of aromatic nitrogens is 5. The van der Waals surface area contributed by atoms with E-state index in [-0.39, 0.29) is 11.8 Å². The molecule has 5 aromatic rings. The number of nitrogens with one attached hydrogen (secondary N) is 2. The Labute approximate surface area is 249 Å². The smallest absolute Gasteiger partial charge is 0.259 e. The van der Waals surface area contributed by atoms with Gasteiger partial charge in [-0.05, 0) is 54.7 Å². The molecule has 2 N–H and O–H groups in total. The molecule has 2 aliphatic heterocycles. The predicted octanol–water partition coefficient (Wildman–Crippen LogP) is 5.51. The van der Waals surface area contributed by atoms with Crippen molar-refractivity contribution in [2.24, 2.45) is 7.05 Å². The molecule has 0 spiro atoms. The number of rotatable bonds is 5.